The van der Waals surface area contributed by atoms with Crippen molar-refractivity contribution in [2.75, 3.05) is 5.32 Å². The molecule has 3 rings (SSSR count). The number of Topliss-reactive ketones (excluding diaryl/α,β-unsaturated/α-hetero) is 2. The van der Waals surface area contributed by atoms with Crippen molar-refractivity contribution < 1.29 is 27.9 Å². The van der Waals surface area contributed by atoms with E-state index in [9.17, 15) is 27.9 Å². The molecule has 25 heavy (non-hydrogen) atoms. The predicted molar refractivity (Wildman–Crippen MR) is 80.3 cm³/mol. The molecule has 0 saturated carbocycles. The molecule has 128 valence electrons. The van der Waals surface area contributed by atoms with Crippen LogP contribution in [0.2, 0.25) is 0 Å². The third-order valence-electron chi connectivity index (χ3n) is 3.65. The summed E-state index contributed by atoms with van der Waals surface area (Å²) in [7, 11) is 0. The number of pyridine rings is 2. The molecular weight excluding hydrogens is 339 g/mol. The lowest BCUT2D eigenvalue weighted by atomic mass is 9.89. The normalized spacial score (nSPS) is 18.6. The first-order chi connectivity index (χ1) is 11.8. The zero-order valence-electron chi connectivity index (χ0n) is 12.4. The van der Waals surface area contributed by atoms with Gasteiger partial charge < -0.3 is 10.4 Å². The predicted octanol–water partition coefficient (Wildman–Crippen LogP) is 2.80. The quantitative estimate of drug-likeness (QED) is 0.492. The van der Waals surface area contributed by atoms with E-state index in [1.807, 2.05) is 0 Å². The number of hydrogen-bond donors (Lipinski definition) is 2. The number of halogens is 3. The van der Waals surface area contributed by atoms with Crippen molar-refractivity contribution in [1.29, 1.82) is 0 Å². The maximum atomic E-state index is 12.6. The highest BCUT2D eigenvalue weighted by molar-refractivity contribution is 6.20. The topological polar surface area (TPSA) is 92.2 Å². The van der Waals surface area contributed by atoms with Crippen LogP contribution in [-0.4, -0.2) is 32.7 Å². The third-order valence-corrected chi connectivity index (χ3v) is 3.65. The molecule has 2 aromatic rings. The van der Waals surface area contributed by atoms with Gasteiger partial charge in [-0.05, 0) is 24.3 Å². The first-order valence-corrected chi connectivity index (χ1v) is 7.01. The maximum absolute atomic E-state index is 12.6. The molecule has 0 spiro atoms. The molecule has 0 fully saturated rings. The molecule has 1 aliphatic rings. The summed E-state index contributed by atoms with van der Waals surface area (Å²) in [5.41, 5.74) is -1.33. The SMILES string of the molecule is O=C1C(=CO)C(C(=O)c2ccc(C(F)(F)F)nc2)Nc2ncccc21. The van der Waals surface area contributed by atoms with Crippen molar-refractivity contribution in [3.63, 3.8) is 0 Å². The van der Waals surface area contributed by atoms with Gasteiger partial charge in [0.05, 0.1) is 17.4 Å². The Balaban J connectivity index is 1.95. The van der Waals surface area contributed by atoms with Crippen LogP contribution in [0.1, 0.15) is 26.4 Å². The summed E-state index contributed by atoms with van der Waals surface area (Å²) in [6.45, 7) is 0. The number of aliphatic hydroxyl groups excluding tert-OH is 1. The summed E-state index contributed by atoms with van der Waals surface area (Å²) in [5, 5.41) is 12.1. The molecule has 0 aromatic carbocycles. The van der Waals surface area contributed by atoms with E-state index >= 15 is 0 Å². The average molecular weight is 349 g/mol. The van der Waals surface area contributed by atoms with Gasteiger partial charge in [-0.2, -0.15) is 13.2 Å². The highest BCUT2D eigenvalue weighted by Crippen LogP contribution is 2.29. The van der Waals surface area contributed by atoms with Gasteiger partial charge in [-0.25, -0.2) is 4.98 Å². The van der Waals surface area contributed by atoms with Crippen LogP contribution in [0.5, 0.6) is 0 Å². The Bertz CT molecular complexity index is 876. The van der Waals surface area contributed by atoms with Crippen LogP contribution in [0, 0.1) is 0 Å². The molecule has 0 saturated heterocycles. The number of aromatic nitrogens is 2. The zero-order valence-corrected chi connectivity index (χ0v) is 12.4. The van der Waals surface area contributed by atoms with Gasteiger partial charge >= 0.3 is 6.18 Å². The first kappa shape index (κ1) is 16.6. The molecule has 2 aromatic heterocycles. The standard InChI is InChI=1S/C16H10F3N3O3/c17-16(18,19)11-4-3-8(6-21-11)13(24)12-10(7-23)14(25)9-2-1-5-20-15(9)22-12/h1-7,12,23H,(H,20,22). The summed E-state index contributed by atoms with van der Waals surface area (Å²) >= 11 is 0. The van der Waals surface area contributed by atoms with Gasteiger partial charge in [-0.1, -0.05) is 0 Å². The minimum absolute atomic E-state index is 0.142. The van der Waals surface area contributed by atoms with Gasteiger partial charge in [-0.15, -0.1) is 0 Å². The van der Waals surface area contributed by atoms with Crippen molar-refractivity contribution in [3.05, 3.63) is 65.3 Å². The maximum Gasteiger partial charge on any atom is 0.433 e. The molecule has 2 N–H and O–H groups in total. The Morgan fingerprint density at radius 1 is 1.24 bits per heavy atom. The van der Waals surface area contributed by atoms with Crippen molar-refractivity contribution in [1.82, 2.24) is 9.97 Å². The van der Waals surface area contributed by atoms with Gasteiger partial charge in [0.1, 0.15) is 17.6 Å². The van der Waals surface area contributed by atoms with E-state index in [1.54, 1.807) is 0 Å². The highest BCUT2D eigenvalue weighted by atomic mass is 19.4. The van der Waals surface area contributed by atoms with E-state index in [4.69, 9.17) is 0 Å². The number of nitrogens with zero attached hydrogens (tertiary/aromatic N) is 2. The number of ketones is 2. The summed E-state index contributed by atoms with van der Waals surface area (Å²) in [5.74, 6) is -1.16. The number of nitrogens with one attached hydrogen (secondary N) is 1. The molecule has 0 bridgehead atoms. The Morgan fingerprint density at radius 2 is 2.00 bits per heavy atom. The highest BCUT2D eigenvalue weighted by Gasteiger charge is 2.37. The minimum atomic E-state index is -4.63. The summed E-state index contributed by atoms with van der Waals surface area (Å²) in [6.07, 6.45) is -1.93. The van der Waals surface area contributed by atoms with E-state index in [-0.39, 0.29) is 22.5 Å². The molecule has 0 amide bonds. The molecule has 1 atom stereocenters. The smallest absolute Gasteiger partial charge is 0.433 e. The zero-order chi connectivity index (χ0) is 18.2. The summed E-state index contributed by atoms with van der Waals surface area (Å²) in [4.78, 5) is 32.1. The molecule has 1 unspecified atom stereocenters. The Morgan fingerprint density at radius 3 is 2.60 bits per heavy atom. The van der Waals surface area contributed by atoms with Crippen LogP contribution < -0.4 is 5.32 Å². The second-order valence-electron chi connectivity index (χ2n) is 5.18. The summed E-state index contributed by atoms with van der Waals surface area (Å²) < 4.78 is 37.7. The number of fused-ring (bicyclic) bond motifs is 1. The largest absolute Gasteiger partial charge is 0.515 e. The molecule has 0 radical (unpaired) electrons. The van der Waals surface area contributed by atoms with Crippen LogP contribution in [0.3, 0.4) is 0 Å². The molecule has 3 heterocycles. The number of anilines is 1. The van der Waals surface area contributed by atoms with Crippen molar-refractivity contribution >= 4 is 17.4 Å². The molecule has 1 aliphatic heterocycles. The summed E-state index contributed by atoms with van der Waals surface area (Å²) in [6, 6.07) is 3.36. The second-order valence-corrected chi connectivity index (χ2v) is 5.18. The second kappa shape index (κ2) is 6.00. The molecule has 9 heteroatoms. The van der Waals surface area contributed by atoms with Crippen LogP contribution in [0.4, 0.5) is 19.0 Å². The van der Waals surface area contributed by atoms with Gasteiger partial charge in [0, 0.05) is 18.0 Å². The van der Waals surface area contributed by atoms with E-state index in [0.717, 1.165) is 12.3 Å². The molecule has 0 aliphatic carbocycles. The van der Waals surface area contributed by atoms with E-state index in [1.165, 1.54) is 18.3 Å². The Labute approximate surface area is 139 Å². The van der Waals surface area contributed by atoms with Gasteiger partial charge in [0.15, 0.2) is 11.6 Å². The van der Waals surface area contributed by atoms with Gasteiger partial charge in [0.25, 0.3) is 0 Å². The fourth-order valence-corrected chi connectivity index (χ4v) is 2.42. The van der Waals surface area contributed by atoms with Gasteiger partial charge in [0.2, 0.25) is 0 Å². The monoisotopic (exact) mass is 349 g/mol. The first-order valence-electron chi connectivity index (χ1n) is 7.01. The van der Waals surface area contributed by atoms with Gasteiger partial charge in [-0.3, -0.25) is 14.6 Å². The molecule has 6 nitrogen and oxygen atoms in total. The lowest BCUT2D eigenvalue weighted by Gasteiger charge is -2.26. The number of alkyl halides is 3. The van der Waals surface area contributed by atoms with Crippen LogP contribution in [0.25, 0.3) is 0 Å². The van der Waals surface area contributed by atoms with Crippen molar-refractivity contribution in [2.45, 2.75) is 12.2 Å². The van der Waals surface area contributed by atoms with E-state index < -0.39 is 29.5 Å². The fourth-order valence-electron chi connectivity index (χ4n) is 2.42. The number of rotatable bonds is 2. The third kappa shape index (κ3) is 2.95. The van der Waals surface area contributed by atoms with Crippen LogP contribution >= 0.6 is 0 Å². The molecular formula is C16H10F3N3O3. The van der Waals surface area contributed by atoms with Crippen LogP contribution in [0.15, 0.2) is 48.5 Å². The Hall–Kier alpha value is -3.23. The van der Waals surface area contributed by atoms with E-state index in [0.29, 0.717) is 12.3 Å². The van der Waals surface area contributed by atoms with Crippen LogP contribution in [-0.2, 0) is 6.18 Å². The van der Waals surface area contributed by atoms with E-state index in [2.05, 4.69) is 15.3 Å². The number of hydrogen-bond acceptors (Lipinski definition) is 6. The van der Waals surface area contributed by atoms with Crippen molar-refractivity contribution in [3.8, 4) is 0 Å². The minimum Gasteiger partial charge on any atom is -0.515 e. The Kier molecular flexibility index (Phi) is 3.99. The van der Waals surface area contributed by atoms with Crippen molar-refractivity contribution in [2.24, 2.45) is 0 Å². The lowest BCUT2D eigenvalue weighted by molar-refractivity contribution is -0.141. The fraction of sp³-hybridized carbons (Fsp3) is 0.125. The number of aliphatic hydroxyl groups is 1. The lowest BCUT2D eigenvalue weighted by Crippen LogP contribution is -2.39. The number of carbonyl (C=O) groups is 2. The average Bonchev–Trinajstić information content (AvgIpc) is 2.60. The number of carbonyl (C=O) groups excluding carboxylic acids is 2.